The van der Waals surface area contributed by atoms with Gasteiger partial charge in [-0.15, -0.1) is 0 Å². The van der Waals surface area contributed by atoms with Crippen LogP contribution in [0.25, 0.3) is 0 Å². The van der Waals surface area contributed by atoms with Gasteiger partial charge in [-0.3, -0.25) is 19.8 Å². The van der Waals surface area contributed by atoms with Gasteiger partial charge in [0, 0.05) is 6.54 Å². The third kappa shape index (κ3) is 3.80. The Morgan fingerprint density at radius 2 is 1.82 bits per heavy atom. The van der Waals surface area contributed by atoms with Gasteiger partial charge in [-0.2, -0.15) is 0 Å². The predicted octanol–water partition coefficient (Wildman–Crippen LogP) is 1.69. The van der Waals surface area contributed by atoms with Crippen molar-refractivity contribution in [3.05, 3.63) is 0 Å². The number of hydrogen-bond donors (Lipinski definition) is 1. The molecule has 1 fully saturated rings. The molecule has 0 aliphatic carbocycles. The SMILES string of the molecule is CCCCCCCN1C(=O)CNC(C)(C)C1=O. The molecule has 0 bridgehead atoms. The molecule has 1 aliphatic rings. The van der Waals surface area contributed by atoms with Crippen LogP contribution in [0.4, 0.5) is 0 Å². The van der Waals surface area contributed by atoms with Crippen LogP contribution >= 0.6 is 0 Å². The van der Waals surface area contributed by atoms with E-state index in [0.29, 0.717) is 6.54 Å². The molecule has 2 amide bonds. The first-order chi connectivity index (χ1) is 7.99. The summed E-state index contributed by atoms with van der Waals surface area (Å²) in [4.78, 5) is 25.1. The molecule has 17 heavy (non-hydrogen) atoms. The fourth-order valence-electron chi connectivity index (χ4n) is 2.02. The molecule has 0 spiro atoms. The number of carbonyl (C=O) groups excluding carboxylic acids is 2. The van der Waals surface area contributed by atoms with Gasteiger partial charge >= 0.3 is 0 Å². The topological polar surface area (TPSA) is 49.4 Å². The molecule has 0 radical (unpaired) electrons. The monoisotopic (exact) mass is 240 g/mol. The van der Waals surface area contributed by atoms with E-state index >= 15 is 0 Å². The maximum atomic E-state index is 12.0. The molecule has 0 aromatic rings. The minimum Gasteiger partial charge on any atom is -0.295 e. The maximum absolute atomic E-state index is 12.0. The lowest BCUT2D eigenvalue weighted by atomic mass is 10.00. The molecule has 1 heterocycles. The summed E-state index contributed by atoms with van der Waals surface area (Å²) in [6.07, 6.45) is 5.65. The summed E-state index contributed by atoms with van der Waals surface area (Å²) in [5, 5.41) is 2.96. The van der Waals surface area contributed by atoms with E-state index in [1.54, 1.807) is 0 Å². The van der Waals surface area contributed by atoms with Crippen LogP contribution in [-0.2, 0) is 9.59 Å². The molecule has 0 unspecified atom stereocenters. The Bertz CT molecular complexity index is 287. The smallest absolute Gasteiger partial charge is 0.248 e. The minimum atomic E-state index is -0.600. The second-order valence-corrected chi connectivity index (χ2v) is 5.24. The number of carbonyl (C=O) groups is 2. The van der Waals surface area contributed by atoms with E-state index in [2.05, 4.69) is 12.2 Å². The van der Waals surface area contributed by atoms with E-state index in [-0.39, 0.29) is 18.4 Å². The van der Waals surface area contributed by atoms with Crippen LogP contribution in [0.2, 0.25) is 0 Å². The maximum Gasteiger partial charge on any atom is 0.248 e. The number of piperazine rings is 1. The highest BCUT2D eigenvalue weighted by atomic mass is 16.2. The van der Waals surface area contributed by atoms with Crippen molar-refractivity contribution >= 4 is 11.8 Å². The van der Waals surface area contributed by atoms with E-state index in [1.165, 1.54) is 24.2 Å². The predicted molar refractivity (Wildman–Crippen MR) is 67.6 cm³/mol. The van der Waals surface area contributed by atoms with Crippen LogP contribution in [-0.4, -0.2) is 35.3 Å². The zero-order valence-corrected chi connectivity index (χ0v) is 11.2. The highest BCUT2D eigenvalue weighted by Crippen LogP contribution is 2.14. The second kappa shape index (κ2) is 6.15. The minimum absolute atomic E-state index is 0.0928. The van der Waals surface area contributed by atoms with Crippen molar-refractivity contribution < 1.29 is 9.59 Å². The molecule has 0 aromatic heterocycles. The van der Waals surface area contributed by atoms with Gasteiger partial charge in [-0.1, -0.05) is 32.6 Å². The van der Waals surface area contributed by atoms with E-state index in [9.17, 15) is 9.59 Å². The number of nitrogens with one attached hydrogen (secondary N) is 1. The molecule has 4 heteroatoms. The normalized spacial score (nSPS) is 19.8. The number of nitrogens with zero attached hydrogens (tertiary/aromatic N) is 1. The van der Waals surface area contributed by atoms with Crippen molar-refractivity contribution in [1.29, 1.82) is 0 Å². The first kappa shape index (κ1) is 14.2. The fraction of sp³-hybridized carbons (Fsp3) is 0.846. The Labute approximate surface area is 104 Å². The Kier molecular flexibility index (Phi) is 5.12. The summed E-state index contributed by atoms with van der Waals surface area (Å²) in [6.45, 7) is 6.67. The summed E-state index contributed by atoms with van der Waals surface area (Å²) >= 11 is 0. The lowest BCUT2D eigenvalue weighted by molar-refractivity contribution is -0.152. The average Bonchev–Trinajstić information content (AvgIpc) is 2.28. The van der Waals surface area contributed by atoms with Gasteiger partial charge < -0.3 is 0 Å². The summed E-state index contributed by atoms with van der Waals surface area (Å²) in [6, 6.07) is 0. The van der Waals surface area contributed by atoms with Gasteiger partial charge in [0.2, 0.25) is 11.8 Å². The second-order valence-electron chi connectivity index (χ2n) is 5.24. The standard InChI is InChI=1S/C13H24N2O2/c1-4-5-6-7-8-9-15-11(16)10-14-13(2,3)12(15)17/h14H,4-10H2,1-3H3. The summed E-state index contributed by atoms with van der Waals surface area (Å²) < 4.78 is 0. The van der Waals surface area contributed by atoms with E-state index in [1.807, 2.05) is 13.8 Å². The molecule has 0 aromatic carbocycles. The molecule has 0 atom stereocenters. The molecule has 0 saturated carbocycles. The number of unbranched alkanes of at least 4 members (excludes halogenated alkanes) is 4. The highest BCUT2D eigenvalue weighted by Gasteiger charge is 2.39. The Morgan fingerprint density at radius 3 is 2.47 bits per heavy atom. The van der Waals surface area contributed by atoms with Gasteiger partial charge in [0.25, 0.3) is 0 Å². The first-order valence-electron chi connectivity index (χ1n) is 6.59. The van der Waals surface area contributed by atoms with Crippen LogP contribution in [0, 0.1) is 0 Å². The Hall–Kier alpha value is -0.900. The Morgan fingerprint density at radius 1 is 1.18 bits per heavy atom. The van der Waals surface area contributed by atoms with Crippen LogP contribution in [0.5, 0.6) is 0 Å². The number of hydrogen-bond acceptors (Lipinski definition) is 3. The van der Waals surface area contributed by atoms with Crippen molar-refractivity contribution in [2.24, 2.45) is 0 Å². The van der Waals surface area contributed by atoms with Gasteiger partial charge in [0.05, 0.1) is 12.1 Å². The van der Waals surface area contributed by atoms with Gasteiger partial charge in [0.1, 0.15) is 0 Å². The lowest BCUT2D eigenvalue weighted by Crippen LogP contribution is -2.63. The fourth-order valence-corrected chi connectivity index (χ4v) is 2.02. The zero-order valence-electron chi connectivity index (χ0n) is 11.2. The number of amides is 2. The lowest BCUT2D eigenvalue weighted by Gasteiger charge is -2.36. The Balaban J connectivity index is 2.39. The molecule has 1 N–H and O–H groups in total. The third-order valence-electron chi connectivity index (χ3n) is 3.25. The largest absolute Gasteiger partial charge is 0.295 e. The van der Waals surface area contributed by atoms with E-state index < -0.39 is 5.54 Å². The van der Waals surface area contributed by atoms with Crippen molar-refractivity contribution in [3.63, 3.8) is 0 Å². The van der Waals surface area contributed by atoms with Gasteiger partial charge in [-0.25, -0.2) is 0 Å². The van der Waals surface area contributed by atoms with Crippen LogP contribution in [0.15, 0.2) is 0 Å². The van der Waals surface area contributed by atoms with Gasteiger partial charge in [0.15, 0.2) is 0 Å². The molecule has 98 valence electrons. The molecule has 4 nitrogen and oxygen atoms in total. The number of rotatable bonds is 6. The molecular weight excluding hydrogens is 216 g/mol. The average molecular weight is 240 g/mol. The molecule has 1 rings (SSSR count). The summed E-state index contributed by atoms with van der Waals surface area (Å²) in [5.41, 5.74) is -0.600. The molecular formula is C13H24N2O2. The third-order valence-corrected chi connectivity index (χ3v) is 3.25. The van der Waals surface area contributed by atoms with Gasteiger partial charge in [-0.05, 0) is 20.3 Å². The first-order valence-corrected chi connectivity index (χ1v) is 6.59. The van der Waals surface area contributed by atoms with E-state index in [0.717, 1.165) is 12.8 Å². The molecule has 1 saturated heterocycles. The van der Waals surface area contributed by atoms with Crippen LogP contribution in [0.1, 0.15) is 52.9 Å². The quantitative estimate of drug-likeness (QED) is 0.568. The van der Waals surface area contributed by atoms with E-state index in [4.69, 9.17) is 0 Å². The van der Waals surface area contributed by atoms with Crippen molar-refractivity contribution in [1.82, 2.24) is 10.2 Å². The van der Waals surface area contributed by atoms with Crippen molar-refractivity contribution in [2.75, 3.05) is 13.1 Å². The van der Waals surface area contributed by atoms with Crippen molar-refractivity contribution in [2.45, 2.75) is 58.4 Å². The zero-order chi connectivity index (χ0) is 12.9. The highest BCUT2D eigenvalue weighted by molar-refractivity contribution is 6.02. The van der Waals surface area contributed by atoms with Crippen LogP contribution < -0.4 is 5.32 Å². The summed E-state index contributed by atoms with van der Waals surface area (Å²) in [7, 11) is 0. The number of imide groups is 1. The van der Waals surface area contributed by atoms with Crippen molar-refractivity contribution in [3.8, 4) is 0 Å². The van der Waals surface area contributed by atoms with Crippen LogP contribution in [0.3, 0.4) is 0 Å². The molecule has 1 aliphatic heterocycles. The summed E-state index contributed by atoms with van der Waals surface area (Å²) in [5.74, 6) is -0.186.